The molecule has 0 aromatic heterocycles. The molecule has 0 amide bonds. The zero-order chi connectivity index (χ0) is 17.8. The number of aryl methyl sites for hydroxylation is 2. The van der Waals surface area contributed by atoms with Gasteiger partial charge in [0.15, 0.2) is 6.10 Å². The second kappa shape index (κ2) is 7.43. The standard InChI is InChI=1S/C21H19FO3/c1-14(21(24)18-10-9-16-5-3-6-17(16)13-18)25-20(23)11-8-15-4-2-7-19(22)12-15/h2,4,7-14H,3,5-6H2,1H3/b11-8+/t14-/m0/s1. The summed E-state index contributed by atoms with van der Waals surface area (Å²) in [6.07, 6.45) is 4.94. The van der Waals surface area contributed by atoms with Crippen LogP contribution in [0.25, 0.3) is 6.08 Å². The van der Waals surface area contributed by atoms with Crippen molar-refractivity contribution in [2.75, 3.05) is 0 Å². The van der Waals surface area contributed by atoms with Gasteiger partial charge in [-0.15, -0.1) is 0 Å². The maximum absolute atomic E-state index is 13.1. The van der Waals surface area contributed by atoms with Crippen molar-refractivity contribution < 1.29 is 18.7 Å². The molecule has 4 heteroatoms. The molecule has 1 aliphatic carbocycles. The molecule has 128 valence electrons. The van der Waals surface area contributed by atoms with Gasteiger partial charge in [-0.05, 0) is 67.2 Å². The van der Waals surface area contributed by atoms with Crippen LogP contribution in [0, 0.1) is 5.82 Å². The zero-order valence-electron chi connectivity index (χ0n) is 14.0. The minimum Gasteiger partial charge on any atom is -0.451 e. The van der Waals surface area contributed by atoms with Gasteiger partial charge >= 0.3 is 5.97 Å². The predicted molar refractivity (Wildman–Crippen MR) is 93.8 cm³/mol. The molecule has 0 radical (unpaired) electrons. The molecule has 2 aromatic rings. The van der Waals surface area contributed by atoms with Crippen LogP contribution in [0.1, 0.15) is 40.4 Å². The van der Waals surface area contributed by atoms with Crippen LogP contribution in [0.3, 0.4) is 0 Å². The summed E-state index contributed by atoms with van der Waals surface area (Å²) >= 11 is 0. The molecule has 0 saturated heterocycles. The first kappa shape index (κ1) is 17.1. The predicted octanol–water partition coefficient (Wildman–Crippen LogP) is 4.14. The lowest BCUT2D eigenvalue weighted by Crippen LogP contribution is -2.23. The van der Waals surface area contributed by atoms with Crippen molar-refractivity contribution in [1.82, 2.24) is 0 Å². The molecule has 25 heavy (non-hydrogen) atoms. The van der Waals surface area contributed by atoms with Gasteiger partial charge in [0.25, 0.3) is 0 Å². The molecule has 1 atom stereocenters. The second-order valence-corrected chi connectivity index (χ2v) is 6.17. The van der Waals surface area contributed by atoms with E-state index in [-0.39, 0.29) is 11.6 Å². The van der Waals surface area contributed by atoms with Gasteiger partial charge < -0.3 is 4.74 Å². The first-order valence-corrected chi connectivity index (χ1v) is 8.33. The van der Waals surface area contributed by atoms with E-state index in [0.29, 0.717) is 11.1 Å². The van der Waals surface area contributed by atoms with E-state index in [4.69, 9.17) is 4.74 Å². The van der Waals surface area contributed by atoms with Crippen molar-refractivity contribution in [1.29, 1.82) is 0 Å². The van der Waals surface area contributed by atoms with Crippen LogP contribution < -0.4 is 0 Å². The van der Waals surface area contributed by atoms with Crippen LogP contribution in [0.2, 0.25) is 0 Å². The summed E-state index contributed by atoms with van der Waals surface area (Å²) in [5.74, 6) is -1.23. The number of halogens is 1. The lowest BCUT2D eigenvalue weighted by Gasteiger charge is -2.12. The Morgan fingerprint density at radius 2 is 1.92 bits per heavy atom. The Hall–Kier alpha value is -2.75. The van der Waals surface area contributed by atoms with E-state index >= 15 is 0 Å². The van der Waals surface area contributed by atoms with Crippen LogP contribution in [-0.2, 0) is 22.4 Å². The van der Waals surface area contributed by atoms with E-state index in [2.05, 4.69) is 0 Å². The topological polar surface area (TPSA) is 43.4 Å². The summed E-state index contributed by atoms with van der Waals surface area (Å²) in [6, 6.07) is 11.5. The molecular formula is C21H19FO3. The van der Waals surface area contributed by atoms with E-state index in [9.17, 15) is 14.0 Å². The van der Waals surface area contributed by atoms with Crippen LogP contribution in [0.5, 0.6) is 0 Å². The van der Waals surface area contributed by atoms with Crippen molar-refractivity contribution in [3.63, 3.8) is 0 Å². The first-order chi connectivity index (χ1) is 12.0. The number of rotatable bonds is 5. The quantitative estimate of drug-likeness (QED) is 0.467. The molecule has 3 nitrogen and oxygen atoms in total. The number of carbonyl (C=O) groups excluding carboxylic acids is 2. The monoisotopic (exact) mass is 338 g/mol. The van der Waals surface area contributed by atoms with Gasteiger partial charge in [-0.1, -0.05) is 24.3 Å². The minimum atomic E-state index is -0.871. The molecule has 0 heterocycles. The third-order valence-corrected chi connectivity index (χ3v) is 4.31. The lowest BCUT2D eigenvalue weighted by molar-refractivity contribution is -0.140. The van der Waals surface area contributed by atoms with Gasteiger partial charge in [0.2, 0.25) is 5.78 Å². The van der Waals surface area contributed by atoms with Crippen LogP contribution in [-0.4, -0.2) is 17.9 Å². The van der Waals surface area contributed by atoms with Gasteiger partial charge in [0, 0.05) is 11.6 Å². The zero-order valence-corrected chi connectivity index (χ0v) is 14.0. The highest BCUT2D eigenvalue weighted by atomic mass is 19.1. The average molecular weight is 338 g/mol. The van der Waals surface area contributed by atoms with Crippen molar-refractivity contribution >= 4 is 17.8 Å². The number of ether oxygens (including phenoxy) is 1. The summed E-state index contributed by atoms with van der Waals surface area (Å²) in [6.45, 7) is 1.56. The molecule has 1 aliphatic rings. The highest BCUT2D eigenvalue weighted by molar-refractivity contribution is 6.01. The normalized spacial score (nSPS) is 14.3. The maximum Gasteiger partial charge on any atom is 0.331 e. The second-order valence-electron chi connectivity index (χ2n) is 6.17. The highest BCUT2D eigenvalue weighted by Gasteiger charge is 2.20. The van der Waals surface area contributed by atoms with Crippen LogP contribution in [0.4, 0.5) is 4.39 Å². The molecule has 0 N–H and O–H groups in total. The Kier molecular flexibility index (Phi) is 5.08. The van der Waals surface area contributed by atoms with Gasteiger partial charge in [-0.25, -0.2) is 9.18 Å². The average Bonchev–Trinajstić information content (AvgIpc) is 3.07. The van der Waals surface area contributed by atoms with E-state index in [1.54, 1.807) is 25.1 Å². The molecule has 0 fully saturated rings. The lowest BCUT2D eigenvalue weighted by atomic mass is 10.0. The number of carbonyl (C=O) groups is 2. The van der Waals surface area contributed by atoms with Gasteiger partial charge in [0.05, 0.1) is 0 Å². The summed E-state index contributed by atoms with van der Waals surface area (Å²) in [7, 11) is 0. The number of ketones is 1. The largest absolute Gasteiger partial charge is 0.451 e. The third kappa shape index (κ3) is 4.21. The number of esters is 1. The van der Waals surface area contributed by atoms with Gasteiger partial charge in [-0.3, -0.25) is 4.79 Å². The van der Waals surface area contributed by atoms with Crippen LogP contribution in [0.15, 0.2) is 48.5 Å². The Balaban J connectivity index is 1.62. The Bertz CT molecular complexity index is 839. The van der Waals surface area contributed by atoms with E-state index < -0.39 is 12.1 Å². The fourth-order valence-corrected chi connectivity index (χ4v) is 3.00. The Morgan fingerprint density at radius 1 is 1.12 bits per heavy atom. The molecule has 3 rings (SSSR count). The number of fused-ring (bicyclic) bond motifs is 1. The number of benzene rings is 2. The molecule has 2 aromatic carbocycles. The Morgan fingerprint density at radius 3 is 2.72 bits per heavy atom. The van der Waals surface area contributed by atoms with Crippen LogP contribution >= 0.6 is 0 Å². The number of hydrogen-bond acceptors (Lipinski definition) is 3. The first-order valence-electron chi connectivity index (χ1n) is 8.33. The maximum atomic E-state index is 13.1. The number of hydrogen-bond donors (Lipinski definition) is 0. The van der Waals surface area contributed by atoms with Crippen molar-refractivity contribution in [3.8, 4) is 0 Å². The van der Waals surface area contributed by atoms with E-state index in [1.807, 2.05) is 12.1 Å². The van der Waals surface area contributed by atoms with Crippen molar-refractivity contribution in [2.45, 2.75) is 32.3 Å². The fourth-order valence-electron chi connectivity index (χ4n) is 3.00. The van der Waals surface area contributed by atoms with E-state index in [1.165, 1.54) is 35.4 Å². The molecule has 0 saturated carbocycles. The SMILES string of the molecule is C[C@H](OC(=O)/C=C/c1cccc(F)c1)C(=O)c1ccc2c(c1)CCC2. The molecule has 0 aliphatic heterocycles. The minimum absolute atomic E-state index is 0.220. The summed E-state index contributed by atoms with van der Waals surface area (Å²) in [5, 5.41) is 0. The summed E-state index contributed by atoms with van der Waals surface area (Å²) in [5.41, 5.74) is 3.61. The number of Topliss-reactive ketones (excluding diaryl/α,β-unsaturated/α-hetero) is 1. The third-order valence-electron chi connectivity index (χ3n) is 4.31. The highest BCUT2D eigenvalue weighted by Crippen LogP contribution is 2.23. The molecular weight excluding hydrogens is 319 g/mol. The fraction of sp³-hybridized carbons (Fsp3) is 0.238. The Labute approximate surface area is 146 Å². The summed E-state index contributed by atoms with van der Waals surface area (Å²) < 4.78 is 18.3. The van der Waals surface area contributed by atoms with Crippen molar-refractivity contribution in [2.24, 2.45) is 0 Å². The smallest absolute Gasteiger partial charge is 0.331 e. The van der Waals surface area contributed by atoms with Gasteiger partial charge in [-0.2, -0.15) is 0 Å². The van der Waals surface area contributed by atoms with Gasteiger partial charge in [0.1, 0.15) is 5.82 Å². The molecule has 0 spiro atoms. The van der Waals surface area contributed by atoms with E-state index in [0.717, 1.165) is 19.3 Å². The molecule has 0 unspecified atom stereocenters. The van der Waals surface area contributed by atoms with Crippen molar-refractivity contribution in [3.05, 3.63) is 76.6 Å². The molecule has 0 bridgehead atoms. The summed E-state index contributed by atoms with van der Waals surface area (Å²) in [4.78, 5) is 24.3.